The number of aromatic nitrogens is 3. The van der Waals surface area contributed by atoms with Crippen molar-refractivity contribution in [2.24, 2.45) is 5.92 Å². The Labute approximate surface area is 304 Å². The quantitative estimate of drug-likeness (QED) is 0.116. The molecule has 1 aliphatic rings. The first-order valence-corrected chi connectivity index (χ1v) is 17.9. The summed E-state index contributed by atoms with van der Waals surface area (Å²) in [6.45, 7) is 2.32. The normalized spacial score (nSPS) is 18.6. The molecule has 0 bridgehead atoms. The first kappa shape index (κ1) is 35.0. The molecule has 11 heteroatoms. The van der Waals surface area contributed by atoms with Crippen molar-refractivity contribution in [1.82, 2.24) is 20.3 Å². The average molecular weight is 713 g/mol. The number of nitrogens with one attached hydrogen (secondary N) is 1. The lowest BCUT2D eigenvalue weighted by Gasteiger charge is -2.41. The number of aromatic carboxylic acids is 1. The molecule has 6 aromatic rings. The molecule has 0 spiro atoms. The Bertz CT molecular complexity index is 2210. The second-order valence-corrected chi connectivity index (χ2v) is 13.6. The van der Waals surface area contributed by atoms with Crippen LogP contribution in [0.5, 0.6) is 0 Å². The largest absolute Gasteiger partial charge is 0.478 e. The van der Waals surface area contributed by atoms with E-state index in [1.54, 1.807) is 18.3 Å². The van der Waals surface area contributed by atoms with Crippen LogP contribution in [0, 0.1) is 5.92 Å². The van der Waals surface area contributed by atoms with E-state index in [-0.39, 0.29) is 41.9 Å². The minimum absolute atomic E-state index is 0.0537. The second kappa shape index (κ2) is 15.8. The van der Waals surface area contributed by atoms with E-state index in [9.17, 15) is 19.8 Å². The van der Waals surface area contributed by atoms with Gasteiger partial charge in [0.1, 0.15) is 10.7 Å². The van der Waals surface area contributed by atoms with Crippen molar-refractivity contribution < 1.29 is 29.3 Å². The average Bonchev–Trinajstić information content (AvgIpc) is 3.19. The van der Waals surface area contributed by atoms with E-state index in [2.05, 4.69) is 27.2 Å². The summed E-state index contributed by atoms with van der Waals surface area (Å²) in [5.41, 5.74) is 7.22. The maximum atomic E-state index is 12.9. The number of benzene rings is 4. The highest BCUT2D eigenvalue weighted by Gasteiger charge is 2.38. The van der Waals surface area contributed by atoms with Crippen LogP contribution in [0.15, 0.2) is 127 Å². The lowest BCUT2D eigenvalue weighted by atomic mass is 9.91. The van der Waals surface area contributed by atoms with Gasteiger partial charge < -0.3 is 25.0 Å². The Kier molecular flexibility index (Phi) is 10.6. The molecule has 1 saturated heterocycles. The second-order valence-electron chi connectivity index (χ2n) is 12.5. The number of amides is 1. The van der Waals surface area contributed by atoms with Crippen LogP contribution in [0.25, 0.3) is 22.2 Å². The van der Waals surface area contributed by atoms with Gasteiger partial charge in [0.05, 0.1) is 41.6 Å². The van der Waals surface area contributed by atoms with Crippen molar-refractivity contribution in [2.45, 2.75) is 43.6 Å². The molecular weight excluding hydrogens is 677 g/mol. The number of aliphatic hydroxyl groups is 1. The van der Waals surface area contributed by atoms with Crippen molar-refractivity contribution in [3.05, 3.63) is 155 Å². The van der Waals surface area contributed by atoms with E-state index >= 15 is 0 Å². The minimum Gasteiger partial charge on any atom is -0.478 e. The molecular formula is C41H36N4O6S. The number of aliphatic hydroxyl groups excluding tert-OH is 1. The number of fused-ring (bicyclic) bond motifs is 1. The topological polar surface area (TPSA) is 144 Å². The predicted octanol–water partition coefficient (Wildman–Crippen LogP) is 7.40. The van der Waals surface area contributed by atoms with Crippen LogP contribution in [-0.2, 0) is 22.6 Å². The van der Waals surface area contributed by atoms with Crippen molar-refractivity contribution in [2.75, 3.05) is 5.75 Å². The van der Waals surface area contributed by atoms with Crippen LogP contribution in [0.2, 0.25) is 0 Å². The van der Waals surface area contributed by atoms with Crippen molar-refractivity contribution in [3.8, 4) is 11.1 Å². The highest BCUT2D eigenvalue weighted by Crippen LogP contribution is 2.43. The smallest absolute Gasteiger partial charge is 0.338 e. The van der Waals surface area contributed by atoms with Crippen LogP contribution in [0.3, 0.4) is 0 Å². The SMILES string of the molecule is CC1C(CSc2ncccc2C(=O)O)OC(c2cccc(-c3cccc(CNC(=O)c4cnc5ccccc5n4)c3)c2)OC1c1ccc(CO)cc1. The molecule has 0 saturated carbocycles. The number of para-hydroxylation sites is 2. The van der Waals surface area contributed by atoms with Crippen LogP contribution >= 0.6 is 11.8 Å². The number of carboxylic acid groups (broad SMARTS) is 1. The number of rotatable bonds is 11. The lowest BCUT2D eigenvalue weighted by molar-refractivity contribution is -0.268. The van der Waals surface area contributed by atoms with Crippen molar-refractivity contribution in [1.29, 1.82) is 0 Å². The summed E-state index contributed by atoms with van der Waals surface area (Å²) in [6, 6.07) is 34.3. The van der Waals surface area contributed by atoms with Crippen molar-refractivity contribution >= 4 is 34.7 Å². The number of carboxylic acids is 1. The number of carbonyl (C=O) groups excluding carboxylic acids is 1. The summed E-state index contributed by atoms with van der Waals surface area (Å²) in [7, 11) is 0. The number of carbonyl (C=O) groups is 2. The molecule has 2 aromatic heterocycles. The van der Waals surface area contributed by atoms with Gasteiger partial charge in [-0.1, -0.05) is 79.7 Å². The number of hydrogen-bond acceptors (Lipinski definition) is 9. The predicted molar refractivity (Wildman–Crippen MR) is 197 cm³/mol. The van der Waals surface area contributed by atoms with E-state index < -0.39 is 12.3 Å². The summed E-state index contributed by atoms with van der Waals surface area (Å²) >= 11 is 1.35. The Balaban J connectivity index is 1.10. The maximum absolute atomic E-state index is 12.9. The lowest BCUT2D eigenvalue weighted by Crippen LogP contribution is -2.38. The molecule has 3 N–H and O–H groups in total. The number of pyridine rings is 1. The third-order valence-corrected chi connectivity index (χ3v) is 10.2. The third kappa shape index (κ3) is 7.88. The molecule has 1 amide bonds. The molecule has 4 aromatic carbocycles. The standard InChI is InChI=1S/C41H36N4O6S/c1-25-36(24-52-39-32(40(48)49)11-6-18-42-39)50-41(51-37(25)28-16-14-26(23-46)15-17-28)31-10-5-9-30(20-31)29-8-4-7-27(19-29)21-44-38(47)35-22-43-33-12-2-3-13-34(33)45-35/h2-20,22,25,36-37,41,46H,21,23-24H2,1H3,(H,44,47)(H,48,49). The molecule has 262 valence electrons. The van der Waals surface area contributed by atoms with E-state index in [0.717, 1.165) is 38.9 Å². The zero-order valence-electron chi connectivity index (χ0n) is 28.3. The van der Waals surface area contributed by atoms with Crippen LogP contribution in [0.1, 0.15) is 62.4 Å². The Morgan fingerprint density at radius 3 is 2.37 bits per heavy atom. The number of nitrogens with zero attached hydrogens (tertiary/aromatic N) is 3. The van der Waals surface area contributed by atoms with Gasteiger partial charge in [-0.15, -0.1) is 11.8 Å². The van der Waals surface area contributed by atoms with Gasteiger partial charge in [-0.3, -0.25) is 9.78 Å². The van der Waals surface area contributed by atoms with Gasteiger partial charge >= 0.3 is 5.97 Å². The summed E-state index contributed by atoms with van der Waals surface area (Å²) in [6.07, 6.45) is 1.73. The molecule has 4 atom stereocenters. The molecule has 0 aliphatic carbocycles. The minimum atomic E-state index is -1.03. The molecule has 10 nitrogen and oxygen atoms in total. The number of hydrogen-bond donors (Lipinski definition) is 3. The first-order chi connectivity index (χ1) is 25.4. The molecule has 7 rings (SSSR count). The van der Waals surface area contributed by atoms with Gasteiger partial charge in [-0.2, -0.15) is 0 Å². The van der Waals surface area contributed by atoms with Gasteiger partial charge in [-0.25, -0.2) is 14.8 Å². The van der Waals surface area contributed by atoms with Gasteiger partial charge in [0.2, 0.25) is 0 Å². The highest BCUT2D eigenvalue weighted by molar-refractivity contribution is 7.99. The zero-order chi connectivity index (χ0) is 36.0. The van der Waals surface area contributed by atoms with E-state index in [0.29, 0.717) is 22.8 Å². The van der Waals surface area contributed by atoms with Gasteiger partial charge in [0.25, 0.3) is 5.91 Å². The molecule has 1 fully saturated rings. The fourth-order valence-electron chi connectivity index (χ4n) is 6.20. The number of ether oxygens (including phenoxy) is 2. The summed E-state index contributed by atoms with van der Waals surface area (Å²) < 4.78 is 13.3. The molecule has 1 aliphatic heterocycles. The molecule has 0 radical (unpaired) electrons. The van der Waals surface area contributed by atoms with Gasteiger partial charge in [-0.05, 0) is 64.2 Å². The van der Waals surface area contributed by atoms with E-state index in [1.165, 1.54) is 18.0 Å². The summed E-state index contributed by atoms with van der Waals surface area (Å²) in [5, 5.41) is 22.7. The summed E-state index contributed by atoms with van der Waals surface area (Å²) in [4.78, 5) is 37.9. The van der Waals surface area contributed by atoms with Gasteiger partial charge in [0, 0.05) is 30.0 Å². The Hall–Kier alpha value is -5.46. The molecule has 3 heterocycles. The van der Waals surface area contributed by atoms with Gasteiger partial charge in [0.15, 0.2) is 6.29 Å². The van der Waals surface area contributed by atoms with Crippen LogP contribution < -0.4 is 5.32 Å². The fourth-order valence-corrected chi connectivity index (χ4v) is 7.36. The fraction of sp³-hybridized carbons (Fsp3) is 0.195. The highest BCUT2D eigenvalue weighted by atomic mass is 32.2. The van der Waals surface area contributed by atoms with Crippen LogP contribution in [-0.4, -0.2) is 48.9 Å². The molecule has 4 unspecified atom stereocenters. The third-order valence-electron chi connectivity index (χ3n) is 9.06. The molecule has 52 heavy (non-hydrogen) atoms. The first-order valence-electron chi connectivity index (χ1n) is 16.9. The summed E-state index contributed by atoms with van der Waals surface area (Å²) in [5.74, 6) is -0.959. The Morgan fingerprint density at radius 2 is 1.58 bits per heavy atom. The Morgan fingerprint density at radius 1 is 0.808 bits per heavy atom. The number of thioether (sulfide) groups is 1. The monoisotopic (exact) mass is 712 g/mol. The maximum Gasteiger partial charge on any atom is 0.338 e. The van der Waals surface area contributed by atoms with E-state index in [4.69, 9.17) is 9.47 Å². The van der Waals surface area contributed by atoms with E-state index in [1.807, 2.05) is 97.1 Å². The van der Waals surface area contributed by atoms with Crippen LogP contribution in [0.4, 0.5) is 0 Å². The zero-order valence-corrected chi connectivity index (χ0v) is 29.1. The van der Waals surface area contributed by atoms with Crippen molar-refractivity contribution in [3.63, 3.8) is 0 Å².